The minimum Gasteiger partial charge on any atom is -0.481 e. The SMILES string of the molecule is CC(C)(C)c1ccccc1N1CCCC1CC(=O)O. The molecule has 104 valence electrons. The fourth-order valence-corrected chi connectivity index (χ4v) is 2.92. The van der Waals surface area contributed by atoms with Crippen LogP contribution >= 0.6 is 0 Å². The van der Waals surface area contributed by atoms with Crippen LogP contribution in [0.5, 0.6) is 0 Å². The van der Waals surface area contributed by atoms with Crippen molar-refractivity contribution in [3.05, 3.63) is 29.8 Å². The summed E-state index contributed by atoms with van der Waals surface area (Å²) in [5, 5.41) is 9.04. The molecule has 0 saturated carbocycles. The first-order valence-electron chi connectivity index (χ1n) is 6.97. The van der Waals surface area contributed by atoms with Gasteiger partial charge in [-0.2, -0.15) is 0 Å². The molecule has 0 aromatic heterocycles. The van der Waals surface area contributed by atoms with E-state index >= 15 is 0 Å². The number of benzene rings is 1. The second kappa shape index (κ2) is 5.24. The van der Waals surface area contributed by atoms with Crippen LogP contribution < -0.4 is 4.90 Å². The van der Waals surface area contributed by atoms with E-state index in [9.17, 15) is 4.79 Å². The lowest BCUT2D eigenvalue weighted by Gasteiger charge is -2.32. The Morgan fingerprint density at radius 2 is 2.05 bits per heavy atom. The molecule has 1 heterocycles. The molecule has 3 nitrogen and oxygen atoms in total. The van der Waals surface area contributed by atoms with Crippen LogP contribution in [0.1, 0.15) is 45.6 Å². The molecule has 0 aliphatic carbocycles. The third kappa shape index (κ3) is 3.09. The summed E-state index contributed by atoms with van der Waals surface area (Å²) >= 11 is 0. The smallest absolute Gasteiger partial charge is 0.305 e. The predicted octanol–water partition coefficient (Wildman–Crippen LogP) is 3.43. The lowest BCUT2D eigenvalue weighted by Crippen LogP contribution is -2.33. The average molecular weight is 261 g/mol. The van der Waals surface area contributed by atoms with Crippen LogP contribution in [0.15, 0.2) is 24.3 Å². The third-order valence-corrected chi connectivity index (χ3v) is 3.81. The Morgan fingerprint density at radius 3 is 2.68 bits per heavy atom. The van der Waals surface area contributed by atoms with Crippen LogP contribution in [0.4, 0.5) is 5.69 Å². The van der Waals surface area contributed by atoms with Crippen molar-refractivity contribution >= 4 is 11.7 Å². The van der Waals surface area contributed by atoms with Crippen LogP contribution in [0.25, 0.3) is 0 Å². The third-order valence-electron chi connectivity index (χ3n) is 3.81. The van der Waals surface area contributed by atoms with Gasteiger partial charge in [0, 0.05) is 18.3 Å². The van der Waals surface area contributed by atoms with E-state index in [0.717, 1.165) is 19.4 Å². The first-order chi connectivity index (χ1) is 8.89. The quantitative estimate of drug-likeness (QED) is 0.906. The fourth-order valence-electron chi connectivity index (χ4n) is 2.92. The topological polar surface area (TPSA) is 40.5 Å². The zero-order valence-electron chi connectivity index (χ0n) is 12.0. The van der Waals surface area contributed by atoms with Gasteiger partial charge in [0.15, 0.2) is 0 Å². The molecule has 1 aromatic rings. The number of para-hydroxylation sites is 1. The zero-order valence-corrected chi connectivity index (χ0v) is 12.0. The van der Waals surface area contributed by atoms with Crippen molar-refractivity contribution in [2.24, 2.45) is 0 Å². The maximum Gasteiger partial charge on any atom is 0.305 e. The van der Waals surface area contributed by atoms with Gasteiger partial charge in [-0.15, -0.1) is 0 Å². The maximum atomic E-state index is 11.0. The summed E-state index contributed by atoms with van der Waals surface area (Å²) in [4.78, 5) is 13.3. The zero-order chi connectivity index (χ0) is 14.0. The first-order valence-corrected chi connectivity index (χ1v) is 6.97. The van der Waals surface area contributed by atoms with Crippen molar-refractivity contribution in [3.8, 4) is 0 Å². The Balaban J connectivity index is 2.33. The van der Waals surface area contributed by atoms with Gasteiger partial charge >= 0.3 is 5.97 Å². The molecule has 1 saturated heterocycles. The molecule has 0 amide bonds. The summed E-state index contributed by atoms with van der Waals surface area (Å²) in [6.07, 6.45) is 2.29. The van der Waals surface area contributed by atoms with Crippen molar-refractivity contribution in [1.82, 2.24) is 0 Å². The molecule has 1 aliphatic rings. The van der Waals surface area contributed by atoms with E-state index in [2.05, 4.69) is 43.9 Å². The molecule has 3 heteroatoms. The molecule has 1 aromatic carbocycles. The van der Waals surface area contributed by atoms with E-state index in [0.29, 0.717) is 0 Å². The Bertz CT molecular complexity index is 462. The van der Waals surface area contributed by atoms with Crippen LogP contribution in [-0.4, -0.2) is 23.7 Å². The maximum absolute atomic E-state index is 11.0. The summed E-state index contributed by atoms with van der Waals surface area (Å²) in [6.45, 7) is 7.57. The van der Waals surface area contributed by atoms with Gasteiger partial charge in [0.05, 0.1) is 6.42 Å². The Labute approximate surface area is 115 Å². The standard InChI is InChI=1S/C16H23NO2/c1-16(2,3)13-8-4-5-9-14(13)17-10-6-7-12(17)11-15(18)19/h4-5,8-9,12H,6-7,10-11H2,1-3H3,(H,18,19). The number of hydrogen-bond acceptors (Lipinski definition) is 2. The van der Waals surface area contributed by atoms with Crippen molar-refractivity contribution in [2.45, 2.75) is 51.5 Å². The molecule has 1 unspecified atom stereocenters. The van der Waals surface area contributed by atoms with Crippen molar-refractivity contribution in [2.75, 3.05) is 11.4 Å². The van der Waals surface area contributed by atoms with Crippen molar-refractivity contribution in [1.29, 1.82) is 0 Å². The molecule has 0 radical (unpaired) electrons. The highest BCUT2D eigenvalue weighted by Crippen LogP contribution is 2.36. The van der Waals surface area contributed by atoms with Gasteiger partial charge < -0.3 is 10.0 Å². The van der Waals surface area contributed by atoms with E-state index in [-0.39, 0.29) is 17.9 Å². The lowest BCUT2D eigenvalue weighted by molar-refractivity contribution is -0.137. The van der Waals surface area contributed by atoms with Crippen molar-refractivity contribution < 1.29 is 9.90 Å². The number of hydrogen-bond donors (Lipinski definition) is 1. The van der Waals surface area contributed by atoms with Gasteiger partial charge in [-0.1, -0.05) is 39.0 Å². The molecule has 0 spiro atoms. The average Bonchev–Trinajstić information content (AvgIpc) is 2.75. The summed E-state index contributed by atoms with van der Waals surface area (Å²) in [6, 6.07) is 8.53. The van der Waals surface area contributed by atoms with E-state index in [4.69, 9.17) is 5.11 Å². The summed E-state index contributed by atoms with van der Waals surface area (Å²) < 4.78 is 0. The number of nitrogens with zero attached hydrogens (tertiary/aromatic N) is 1. The summed E-state index contributed by atoms with van der Waals surface area (Å²) in [5.41, 5.74) is 2.58. The number of anilines is 1. The van der Waals surface area contributed by atoms with Gasteiger partial charge in [-0.25, -0.2) is 0 Å². The molecule has 0 bridgehead atoms. The lowest BCUT2D eigenvalue weighted by atomic mass is 9.85. The fraction of sp³-hybridized carbons (Fsp3) is 0.562. The minimum atomic E-state index is -0.704. The second-order valence-electron chi connectivity index (χ2n) is 6.35. The number of rotatable bonds is 3. The van der Waals surface area contributed by atoms with Gasteiger partial charge in [-0.05, 0) is 29.9 Å². The summed E-state index contributed by atoms with van der Waals surface area (Å²) in [5.74, 6) is -0.704. The molecule has 1 fully saturated rings. The highest BCUT2D eigenvalue weighted by atomic mass is 16.4. The molecule has 19 heavy (non-hydrogen) atoms. The van der Waals surface area contributed by atoms with Gasteiger partial charge in [0.2, 0.25) is 0 Å². The van der Waals surface area contributed by atoms with Crippen LogP contribution in [0, 0.1) is 0 Å². The monoisotopic (exact) mass is 261 g/mol. The van der Waals surface area contributed by atoms with Crippen LogP contribution in [0.2, 0.25) is 0 Å². The Morgan fingerprint density at radius 1 is 1.37 bits per heavy atom. The van der Waals surface area contributed by atoms with E-state index in [1.165, 1.54) is 11.3 Å². The Hall–Kier alpha value is -1.51. The van der Waals surface area contributed by atoms with Crippen LogP contribution in [-0.2, 0) is 10.2 Å². The second-order valence-corrected chi connectivity index (χ2v) is 6.35. The number of carbonyl (C=O) groups is 1. The molecular formula is C16H23NO2. The molecular weight excluding hydrogens is 238 g/mol. The normalized spacial score (nSPS) is 19.7. The van der Waals surface area contributed by atoms with E-state index < -0.39 is 5.97 Å². The number of carboxylic acids is 1. The Kier molecular flexibility index (Phi) is 3.83. The highest BCUT2D eigenvalue weighted by molar-refractivity contribution is 5.69. The van der Waals surface area contributed by atoms with Gasteiger partial charge in [0.25, 0.3) is 0 Å². The highest BCUT2D eigenvalue weighted by Gasteiger charge is 2.30. The van der Waals surface area contributed by atoms with Gasteiger partial charge in [-0.3, -0.25) is 4.79 Å². The number of carboxylic acid groups (broad SMARTS) is 1. The van der Waals surface area contributed by atoms with Crippen molar-refractivity contribution in [3.63, 3.8) is 0 Å². The van der Waals surface area contributed by atoms with Crippen LogP contribution in [0.3, 0.4) is 0 Å². The predicted molar refractivity (Wildman–Crippen MR) is 77.8 cm³/mol. The molecule has 1 N–H and O–H groups in total. The molecule has 1 atom stereocenters. The largest absolute Gasteiger partial charge is 0.481 e. The van der Waals surface area contributed by atoms with E-state index in [1.807, 2.05) is 6.07 Å². The number of aliphatic carboxylic acids is 1. The first kappa shape index (κ1) is 13.9. The summed E-state index contributed by atoms with van der Waals surface area (Å²) in [7, 11) is 0. The van der Waals surface area contributed by atoms with E-state index in [1.54, 1.807) is 0 Å². The molecule has 1 aliphatic heterocycles. The minimum absolute atomic E-state index is 0.0763. The van der Waals surface area contributed by atoms with Gasteiger partial charge in [0.1, 0.15) is 0 Å². The molecule has 2 rings (SSSR count).